The third kappa shape index (κ3) is 1.95. The van der Waals surface area contributed by atoms with Gasteiger partial charge in [0.05, 0.1) is 12.6 Å². The van der Waals surface area contributed by atoms with Crippen LogP contribution < -0.4 is 11.1 Å². The Kier molecular flexibility index (Phi) is 3.23. The summed E-state index contributed by atoms with van der Waals surface area (Å²) in [5.74, 6) is 0. The molecule has 3 heteroatoms. The van der Waals surface area contributed by atoms with Gasteiger partial charge in [0.1, 0.15) is 0 Å². The number of likely N-dealkylation sites (N-methyl/N-ethyl adjacent to an activating group) is 1. The molecule has 0 aromatic carbocycles. The topological polar surface area (TPSA) is 58.3 Å². The predicted octanol–water partition coefficient (Wildman–Crippen LogP) is -0.961. The van der Waals surface area contributed by atoms with E-state index in [2.05, 4.69) is 11.9 Å². The van der Waals surface area contributed by atoms with Crippen LogP contribution >= 0.6 is 0 Å². The maximum atomic E-state index is 8.41. The molecule has 0 aromatic rings. The number of aliphatic hydroxyl groups excluding tert-OH is 1. The minimum Gasteiger partial charge on any atom is -0.394 e. The minimum atomic E-state index is -0.333. The molecule has 0 radical (unpaired) electrons. The summed E-state index contributed by atoms with van der Waals surface area (Å²) in [7, 11) is 1.72. The van der Waals surface area contributed by atoms with Crippen LogP contribution in [0.4, 0.5) is 0 Å². The number of nitrogens with two attached hydrogens (primary N) is 1. The van der Waals surface area contributed by atoms with Crippen LogP contribution in [0.15, 0.2) is 12.3 Å². The molecule has 8 heavy (non-hydrogen) atoms. The fourth-order valence-electron chi connectivity index (χ4n) is 0.296. The lowest BCUT2D eigenvalue weighted by atomic mass is 10.3. The number of nitrogens with one attached hydrogen (secondary N) is 1. The molecule has 0 rings (SSSR count). The van der Waals surface area contributed by atoms with Crippen molar-refractivity contribution in [2.75, 3.05) is 13.7 Å². The van der Waals surface area contributed by atoms with Crippen LogP contribution in [0.2, 0.25) is 0 Å². The maximum absolute atomic E-state index is 8.41. The first-order valence-electron chi connectivity index (χ1n) is 2.45. The third-order valence-electron chi connectivity index (χ3n) is 0.965. The molecular weight excluding hydrogens is 104 g/mol. The van der Waals surface area contributed by atoms with Gasteiger partial charge in [0.15, 0.2) is 0 Å². The van der Waals surface area contributed by atoms with Crippen LogP contribution in [0, 0.1) is 0 Å². The van der Waals surface area contributed by atoms with Crippen molar-refractivity contribution in [2.45, 2.75) is 6.04 Å². The predicted molar refractivity (Wildman–Crippen MR) is 33.3 cm³/mol. The van der Waals surface area contributed by atoms with Crippen LogP contribution in [0.1, 0.15) is 0 Å². The third-order valence-corrected chi connectivity index (χ3v) is 0.965. The first-order chi connectivity index (χ1) is 3.72. The molecule has 1 unspecified atom stereocenters. The van der Waals surface area contributed by atoms with E-state index in [1.165, 1.54) is 0 Å². The molecule has 0 saturated heterocycles. The second-order valence-electron chi connectivity index (χ2n) is 1.56. The summed E-state index contributed by atoms with van der Waals surface area (Å²) in [5.41, 5.74) is 5.97. The Bertz CT molecular complexity index is 82.5. The molecule has 0 bridgehead atoms. The van der Waals surface area contributed by atoms with Crippen LogP contribution in [-0.4, -0.2) is 24.8 Å². The van der Waals surface area contributed by atoms with Gasteiger partial charge in [-0.25, -0.2) is 0 Å². The van der Waals surface area contributed by atoms with Crippen molar-refractivity contribution >= 4 is 0 Å². The SMILES string of the molecule is C=C(NC)C(N)CO. The molecule has 3 nitrogen and oxygen atoms in total. The summed E-state index contributed by atoms with van der Waals surface area (Å²) in [6.45, 7) is 3.49. The van der Waals surface area contributed by atoms with E-state index in [0.29, 0.717) is 5.70 Å². The Morgan fingerprint density at radius 1 is 2.00 bits per heavy atom. The van der Waals surface area contributed by atoms with Crippen molar-refractivity contribution in [1.82, 2.24) is 5.32 Å². The number of hydrogen-bond acceptors (Lipinski definition) is 3. The lowest BCUT2D eigenvalue weighted by Gasteiger charge is -2.09. The molecular formula is C5H12N2O. The average molecular weight is 116 g/mol. The van der Waals surface area contributed by atoms with E-state index in [9.17, 15) is 0 Å². The lowest BCUT2D eigenvalue weighted by molar-refractivity contribution is 0.277. The summed E-state index contributed by atoms with van der Waals surface area (Å²) in [5, 5.41) is 11.1. The zero-order valence-corrected chi connectivity index (χ0v) is 5.02. The van der Waals surface area contributed by atoms with Gasteiger partial charge in [-0.3, -0.25) is 0 Å². The van der Waals surface area contributed by atoms with E-state index >= 15 is 0 Å². The molecule has 0 aromatic heterocycles. The van der Waals surface area contributed by atoms with Crippen molar-refractivity contribution in [3.05, 3.63) is 12.3 Å². The van der Waals surface area contributed by atoms with E-state index in [4.69, 9.17) is 10.8 Å². The standard InChI is InChI=1S/C5H12N2O/c1-4(7-2)5(6)3-8/h5,7-8H,1,3,6H2,2H3. The monoisotopic (exact) mass is 116 g/mol. The molecule has 0 aliphatic carbocycles. The molecule has 4 N–H and O–H groups in total. The highest BCUT2D eigenvalue weighted by Gasteiger charge is 2.00. The fraction of sp³-hybridized carbons (Fsp3) is 0.600. The Morgan fingerprint density at radius 2 is 2.50 bits per heavy atom. The maximum Gasteiger partial charge on any atom is 0.0673 e. The zero-order chi connectivity index (χ0) is 6.57. The van der Waals surface area contributed by atoms with Crippen LogP contribution in [-0.2, 0) is 0 Å². The number of aliphatic hydroxyl groups is 1. The van der Waals surface area contributed by atoms with Gasteiger partial charge in [-0.15, -0.1) is 0 Å². The van der Waals surface area contributed by atoms with Crippen LogP contribution in [0.5, 0.6) is 0 Å². The smallest absolute Gasteiger partial charge is 0.0673 e. The van der Waals surface area contributed by atoms with Gasteiger partial charge in [0, 0.05) is 12.7 Å². The first-order valence-corrected chi connectivity index (χ1v) is 2.45. The van der Waals surface area contributed by atoms with Gasteiger partial charge < -0.3 is 16.2 Å². The van der Waals surface area contributed by atoms with Crippen molar-refractivity contribution in [2.24, 2.45) is 5.73 Å². The Balaban J connectivity index is 3.46. The van der Waals surface area contributed by atoms with Crippen molar-refractivity contribution in [3.8, 4) is 0 Å². The Morgan fingerprint density at radius 3 is 2.62 bits per heavy atom. The molecule has 1 atom stereocenters. The fourth-order valence-corrected chi connectivity index (χ4v) is 0.296. The Hall–Kier alpha value is -0.540. The molecule has 0 heterocycles. The van der Waals surface area contributed by atoms with E-state index < -0.39 is 0 Å². The summed E-state index contributed by atoms with van der Waals surface area (Å²) in [6, 6.07) is -0.333. The van der Waals surface area contributed by atoms with Crippen molar-refractivity contribution in [1.29, 1.82) is 0 Å². The summed E-state index contributed by atoms with van der Waals surface area (Å²) < 4.78 is 0. The van der Waals surface area contributed by atoms with Crippen molar-refractivity contribution in [3.63, 3.8) is 0 Å². The normalized spacial score (nSPS) is 12.9. The zero-order valence-electron chi connectivity index (χ0n) is 5.02. The van der Waals surface area contributed by atoms with Gasteiger partial charge in [-0.2, -0.15) is 0 Å². The molecule has 48 valence electrons. The second kappa shape index (κ2) is 3.46. The van der Waals surface area contributed by atoms with Crippen LogP contribution in [0.3, 0.4) is 0 Å². The van der Waals surface area contributed by atoms with E-state index in [-0.39, 0.29) is 12.6 Å². The quantitative estimate of drug-likeness (QED) is 0.445. The highest BCUT2D eigenvalue weighted by molar-refractivity contribution is 4.99. The van der Waals surface area contributed by atoms with E-state index in [0.717, 1.165) is 0 Å². The molecule has 0 spiro atoms. The van der Waals surface area contributed by atoms with Crippen LogP contribution in [0.25, 0.3) is 0 Å². The van der Waals surface area contributed by atoms with Crippen molar-refractivity contribution < 1.29 is 5.11 Å². The summed E-state index contributed by atoms with van der Waals surface area (Å²) >= 11 is 0. The highest BCUT2D eigenvalue weighted by Crippen LogP contribution is 1.86. The second-order valence-corrected chi connectivity index (χ2v) is 1.56. The molecule has 0 saturated carbocycles. The molecule has 0 aliphatic rings. The minimum absolute atomic E-state index is 0.0559. The van der Waals surface area contributed by atoms with Gasteiger partial charge in [0.2, 0.25) is 0 Å². The molecule has 0 amide bonds. The van der Waals surface area contributed by atoms with E-state index in [1.807, 2.05) is 0 Å². The molecule has 0 aliphatic heterocycles. The number of rotatable bonds is 3. The molecule has 0 fully saturated rings. The highest BCUT2D eigenvalue weighted by atomic mass is 16.3. The van der Waals surface area contributed by atoms with E-state index in [1.54, 1.807) is 7.05 Å². The largest absolute Gasteiger partial charge is 0.394 e. The first kappa shape index (κ1) is 7.46. The van der Waals surface area contributed by atoms with Gasteiger partial charge >= 0.3 is 0 Å². The van der Waals surface area contributed by atoms with Gasteiger partial charge in [0.25, 0.3) is 0 Å². The number of hydrogen-bond donors (Lipinski definition) is 3. The summed E-state index contributed by atoms with van der Waals surface area (Å²) in [4.78, 5) is 0. The summed E-state index contributed by atoms with van der Waals surface area (Å²) in [6.07, 6.45) is 0. The Labute approximate surface area is 49.2 Å². The van der Waals surface area contributed by atoms with Gasteiger partial charge in [-0.1, -0.05) is 6.58 Å². The average Bonchev–Trinajstić information content (AvgIpc) is 1.84. The lowest BCUT2D eigenvalue weighted by Crippen LogP contribution is -2.31. The van der Waals surface area contributed by atoms with Gasteiger partial charge in [-0.05, 0) is 0 Å².